The molecule has 10 heteroatoms. The van der Waals surface area contributed by atoms with Gasteiger partial charge in [0.15, 0.2) is 5.13 Å². The maximum absolute atomic E-state index is 13.5. The van der Waals surface area contributed by atoms with Crippen LogP contribution < -0.4 is 9.64 Å². The molecule has 0 radical (unpaired) electrons. The van der Waals surface area contributed by atoms with Crippen molar-refractivity contribution in [3.63, 3.8) is 0 Å². The Morgan fingerprint density at radius 3 is 2.47 bits per heavy atom. The van der Waals surface area contributed by atoms with Gasteiger partial charge in [-0.15, -0.1) is 12.4 Å². The number of carbonyl (C=O) groups excluding carboxylic acids is 2. The van der Waals surface area contributed by atoms with E-state index >= 15 is 0 Å². The van der Waals surface area contributed by atoms with E-state index < -0.39 is 5.97 Å². The standard InChI is InChI=1S/C24H27N3O5S.ClH/c1-30-19-8-9-21-20(16-19)25-24(33-21)27(11-3-10-26-12-14-32-15-13-26)22(28)17-4-6-18(7-5-17)23(29)31-2;/h4-9,16H,3,10-15H2,1-2H3;1H. The van der Waals surface area contributed by atoms with Gasteiger partial charge in [-0.1, -0.05) is 11.3 Å². The molecule has 0 N–H and O–H groups in total. The van der Waals surface area contributed by atoms with Gasteiger partial charge in [0, 0.05) is 37.8 Å². The summed E-state index contributed by atoms with van der Waals surface area (Å²) in [5.74, 6) is 0.138. The lowest BCUT2D eigenvalue weighted by Gasteiger charge is -2.27. The number of methoxy groups -OCH3 is 2. The summed E-state index contributed by atoms with van der Waals surface area (Å²) in [6.07, 6.45) is 0.811. The topological polar surface area (TPSA) is 81.2 Å². The number of ether oxygens (including phenoxy) is 3. The SMILES string of the molecule is COC(=O)c1ccc(C(=O)N(CCCN2CCOCC2)c2nc3cc(OC)ccc3s2)cc1.Cl. The highest BCUT2D eigenvalue weighted by Gasteiger charge is 2.22. The fourth-order valence-corrected chi connectivity index (χ4v) is 4.69. The Balaban J connectivity index is 0.00000324. The average molecular weight is 506 g/mol. The van der Waals surface area contributed by atoms with E-state index in [0.29, 0.717) is 22.8 Å². The number of hydrogen-bond acceptors (Lipinski definition) is 8. The number of aromatic nitrogens is 1. The van der Waals surface area contributed by atoms with E-state index in [1.54, 1.807) is 36.3 Å². The first-order valence-electron chi connectivity index (χ1n) is 10.8. The number of anilines is 1. The highest BCUT2D eigenvalue weighted by Crippen LogP contribution is 2.32. The van der Waals surface area contributed by atoms with Crippen molar-refractivity contribution in [3.05, 3.63) is 53.6 Å². The Morgan fingerprint density at radius 1 is 1.09 bits per heavy atom. The summed E-state index contributed by atoms with van der Waals surface area (Å²) in [6.45, 7) is 4.72. The van der Waals surface area contributed by atoms with E-state index in [1.165, 1.54) is 18.4 Å². The molecule has 1 aliphatic rings. The number of nitrogens with zero attached hydrogens (tertiary/aromatic N) is 3. The maximum atomic E-state index is 13.5. The third-order valence-electron chi connectivity index (χ3n) is 5.57. The summed E-state index contributed by atoms with van der Waals surface area (Å²) in [7, 11) is 2.95. The van der Waals surface area contributed by atoms with E-state index in [1.807, 2.05) is 18.2 Å². The average Bonchev–Trinajstić information content (AvgIpc) is 3.29. The number of halogens is 1. The van der Waals surface area contributed by atoms with Gasteiger partial charge in [-0.2, -0.15) is 0 Å². The van der Waals surface area contributed by atoms with Gasteiger partial charge < -0.3 is 14.2 Å². The number of carbonyl (C=O) groups is 2. The fourth-order valence-electron chi connectivity index (χ4n) is 3.72. The molecule has 1 saturated heterocycles. The van der Waals surface area contributed by atoms with Crippen LogP contribution in [0.3, 0.4) is 0 Å². The van der Waals surface area contributed by atoms with Crippen molar-refractivity contribution >= 4 is 51.0 Å². The molecule has 1 fully saturated rings. The molecule has 0 bridgehead atoms. The van der Waals surface area contributed by atoms with Crippen LogP contribution in [0.25, 0.3) is 10.2 Å². The van der Waals surface area contributed by atoms with Gasteiger partial charge in [0.2, 0.25) is 0 Å². The van der Waals surface area contributed by atoms with Gasteiger partial charge in [-0.3, -0.25) is 14.6 Å². The minimum Gasteiger partial charge on any atom is -0.497 e. The molecule has 182 valence electrons. The molecule has 34 heavy (non-hydrogen) atoms. The summed E-state index contributed by atoms with van der Waals surface area (Å²) >= 11 is 1.48. The first-order valence-corrected chi connectivity index (χ1v) is 11.7. The van der Waals surface area contributed by atoms with Crippen LogP contribution in [-0.4, -0.2) is 75.4 Å². The van der Waals surface area contributed by atoms with E-state index in [2.05, 4.69) is 4.90 Å². The lowest BCUT2D eigenvalue weighted by Crippen LogP contribution is -2.39. The van der Waals surface area contributed by atoms with E-state index in [9.17, 15) is 9.59 Å². The number of morpholine rings is 1. The van der Waals surface area contributed by atoms with Crippen LogP contribution in [0.4, 0.5) is 5.13 Å². The predicted octanol–water partition coefficient (Wildman–Crippen LogP) is 3.88. The third kappa shape index (κ3) is 6.04. The van der Waals surface area contributed by atoms with Gasteiger partial charge in [0.05, 0.1) is 43.2 Å². The first kappa shape index (κ1) is 25.9. The molecule has 3 aromatic rings. The molecule has 4 rings (SSSR count). The van der Waals surface area contributed by atoms with Gasteiger partial charge in [-0.25, -0.2) is 9.78 Å². The summed E-state index contributed by atoms with van der Waals surface area (Å²) in [5, 5.41) is 0.641. The number of rotatable bonds is 8. The second-order valence-corrected chi connectivity index (χ2v) is 8.67. The number of hydrogen-bond donors (Lipinski definition) is 0. The third-order valence-corrected chi connectivity index (χ3v) is 6.63. The highest BCUT2D eigenvalue weighted by atomic mass is 35.5. The zero-order valence-electron chi connectivity index (χ0n) is 19.2. The number of amides is 1. The van der Waals surface area contributed by atoms with Crippen molar-refractivity contribution in [2.45, 2.75) is 6.42 Å². The van der Waals surface area contributed by atoms with E-state index in [0.717, 1.165) is 55.2 Å². The Hall–Kier alpha value is -2.72. The summed E-state index contributed by atoms with van der Waals surface area (Å²) in [4.78, 5) is 34.0. The van der Waals surface area contributed by atoms with E-state index in [4.69, 9.17) is 19.2 Å². The number of fused-ring (bicyclic) bond motifs is 1. The van der Waals surface area contributed by atoms with E-state index in [-0.39, 0.29) is 18.3 Å². The van der Waals surface area contributed by atoms with Crippen LogP contribution in [0.2, 0.25) is 0 Å². The summed E-state index contributed by atoms with van der Waals surface area (Å²) in [6, 6.07) is 12.2. The molecule has 0 aliphatic carbocycles. The van der Waals surface area contributed by atoms with Crippen molar-refractivity contribution in [3.8, 4) is 5.75 Å². The molecule has 0 atom stereocenters. The molecule has 1 aromatic heterocycles. The van der Waals surface area contributed by atoms with Crippen LogP contribution in [0.15, 0.2) is 42.5 Å². The second kappa shape index (κ2) is 12.1. The minimum absolute atomic E-state index is 0. The molecule has 1 amide bonds. The Morgan fingerprint density at radius 2 is 1.79 bits per heavy atom. The van der Waals surface area contributed by atoms with Crippen LogP contribution in [0, 0.1) is 0 Å². The Labute approximate surface area is 208 Å². The smallest absolute Gasteiger partial charge is 0.337 e. The quantitative estimate of drug-likeness (QED) is 0.430. The normalized spacial score (nSPS) is 13.8. The van der Waals surface area contributed by atoms with Crippen LogP contribution >= 0.6 is 23.7 Å². The highest BCUT2D eigenvalue weighted by molar-refractivity contribution is 7.22. The Kier molecular flexibility index (Phi) is 9.23. The van der Waals surface area contributed by atoms with Gasteiger partial charge >= 0.3 is 5.97 Å². The van der Waals surface area contributed by atoms with Gasteiger partial charge in [-0.05, 0) is 42.8 Å². The number of esters is 1. The van der Waals surface area contributed by atoms with Gasteiger partial charge in [0.25, 0.3) is 5.91 Å². The Bertz CT molecular complexity index is 1120. The molecule has 1 aliphatic heterocycles. The zero-order chi connectivity index (χ0) is 23.2. The lowest BCUT2D eigenvalue weighted by molar-refractivity contribution is 0.0376. The molecule has 0 unspecified atom stereocenters. The zero-order valence-corrected chi connectivity index (χ0v) is 20.8. The van der Waals surface area contributed by atoms with Crippen molar-refractivity contribution < 1.29 is 23.8 Å². The molecular formula is C24H28ClN3O5S. The molecule has 8 nitrogen and oxygen atoms in total. The number of thiazole rings is 1. The lowest BCUT2D eigenvalue weighted by atomic mass is 10.1. The minimum atomic E-state index is -0.434. The maximum Gasteiger partial charge on any atom is 0.337 e. The van der Waals surface area contributed by atoms with Crippen LogP contribution in [0.1, 0.15) is 27.1 Å². The summed E-state index contributed by atoms with van der Waals surface area (Å²) < 4.78 is 16.5. The molecule has 2 heterocycles. The second-order valence-electron chi connectivity index (χ2n) is 7.66. The van der Waals surface area contributed by atoms with Gasteiger partial charge in [0.1, 0.15) is 5.75 Å². The molecule has 0 saturated carbocycles. The monoisotopic (exact) mass is 505 g/mol. The first-order chi connectivity index (χ1) is 16.1. The molecule has 2 aromatic carbocycles. The van der Waals surface area contributed by atoms with Crippen LogP contribution in [-0.2, 0) is 9.47 Å². The predicted molar refractivity (Wildman–Crippen MR) is 135 cm³/mol. The molecular weight excluding hydrogens is 478 g/mol. The number of benzene rings is 2. The molecule has 0 spiro atoms. The van der Waals surface area contributed by atoms with Crippen molar-refractivity contribution in [2.75, 3.05) is 58.5 Å². The summed E-state index contributed by atoms with van der Waals surface area (Å²) in [5.41, 5.74) is 1.69. The fraction of sp³-hybridized carbons (Fsp3) is 0.375. The van der Waals surface area contributed by atoms with Crippen LogP contribution in [0.5, 0.6) is 5.75 Å². The largest absolute Gasteiger partial charge is 0.497 e. The van der Waals surface area contributed by atoms with Crippen molar-refractivity contribution in [1.29, 1.82) is 0 Å². The van der Waals surface area contributed by atoms with Crippen molar-refractivity contribution in [1.82, 2.24) is 9.88 Å². The van der Waals surface area contributed by atoms with Crippen molar-refractivity contribution in [2.24, 2.45) is 0 Å².